The van der Waals surface area contributed by atoms with E-state index < -0.39 is 17.5 Å². The van der Waals surface area contributed by atoms with Crippen LogP contribution >= 0.6 is 0 Å². The van der Waals surface area contributed by atoms with Crippen LogP contribution in [0.1, 0.15) is 46.1 Å². The second-order valence-corrected chi connectivity index (χ2v) is 5.38. The predicted octanol–water partition coefficient (Wildman–Crippen LogP) is 3.69. The number of hydrogen-bond acceptors (Lipinski definition) is 3. The van der Waals surface area contributed by atoms with Crippen molar-refractivity contribution in [2.75, 3.05) is 5.32 Å². The van der Waals surface area contributed by atoms with Gasteiger partial charge in [-0.1, -0.05) is 13.8 Å². The third-order valence-corrected chi connectivity index (χ3v) is 2.15. The molecule has 1 rings (SSSR count). The van der Waals surface area contributed by atoms with Crippen LogP contribution in [0.3, 0.4) is 0 Å². The summed E-state index contributed by atoms with van der Waals surface area (Å²) < 4.78 is 18.7. The molecule has 1 aromatic rings. The van der Waals surface area contributed by atoms with Crippen LogP contribution in [0.15, 0.2) is 12.3 Å². The number of nitrogens with one attached hydrogen (secondary N) is 1. The van der Waals surface area contributed by atoms with Gasteiger partial charge < -0.3 is 4.74 Å². The molecule has 100 valence electrons. The summed E-state index contributed by atoms with van der Waals surface area (Å²) in [6.07, 6.45) is 0.826. The minimum atomic E-state index is -0.716. The SMILES string of the molecule is CC(C)c1cnc(NC(=O)OC(C)(C)C)c(F)c1. The molecular formula is C13H19FN2O2. The van der Waals surface area contributed by atoms with Gasteiger partial charge >= 0.3 is 6.09 Å². The fourth-order valence-corrected chi connectivity index (χ4v) is 1.26. The van der Waals surface area contributed by atoms with E-state index in [0.717, 1.165) is 5.56 Å². The van der Waals surface area contributed by atoms with E-state index in [1.807, 2.05) is 13.8 Å². The summed E-state index contributed by atoms with van der Waals surface area (Å²) in [4.78, 5) is 15.3. The fourth-order valence-electron chi connectivity index (χ4n) is 1.26. The summed E-state index contributed by atoms with van der Waals surface area (Å²) in [6.45, 7) is 9.09. The molecule has 1 heterocycles. The molecule has 1 amide bonds. The molecule has 0 aliphatic rings. The summed E-state index contributed by atoms with van der Waals surface area (Å²) >= 11 is 0. The Morgan fingerprint density at radius 1 is 1.44 bits per heavy atom. The first-order chi connectivity index (χ1) is 8.19. The highest BCUT2D eigenvalue weighted by Gasteiger charge is 2.18. The van der Waals surface area contributed by atoms with Gasteiger partial charge in [0.05, 0.1) is 0 Å². The van der Waals surface area contributed by atoms with Gasteiger partial charge in [0.25, 0.3) is 0 Å². The first-order valence-electron chi connectivity index (χ1n) is 5.84. The van der Waals surface area contributed by atoms with E-state index in [1.165, 1.54) is 6.07 Å². The third kappa shape index (κ3) is 4.31. The molecule has 0 aromatic carbocycles. The average molecular weight is 254 g/mol. The van der Waals surface area contributed by atoms with Crippen molar-refractivity contribution in [2.24, 2.45) is 0 Å². The number of ether oxygens (including phenoxy) is 1. The summed E-state index contributed by atoms with van der Waals surface area (Å²) in [5, 5.41) is 2.29. The maximum atomic E-state index is 13.7. The minimum Gasteiger partial charge on any atom is -0.444 e. The second kappa shape index (κ2) is 5.33. The highest BCUT2D eigenvalue weighted by molar-refractivity contribution is 5.83. The Kier molecular flexibility index (Phi) is 4.27. The molecule has 1 N–H and O–H groups in total. The molecule has 5 heteroatoms. The van der Waals surface area contributed by atoms with Crippen LogP contribution in [0, 0.1) is 5.82 Å². The Balaban J connectivity index is 2.77. The van der Waals surface area contributed by atoms with Crippen molar-refractivity contribution < 1.29 is 13.9 Å². The maximum Gasteiger partial charge on any atom is 0.413 e. The lowest BCUT2D eigenvalue weighted by atomic mass is 10.1. The Bertz CT molecular complexity index is 439. The summed E-state index contributed by atoms with van der Waals surface area (Å²) in [7, 11) is 0. The minimum absolute atomic E-state index is 0.117. The molecule has 1 aromatic heterocycles. The smallest absolute Gasteiger partial charge is 0.413 e. The molecule has 0 radical (unpaired) electrons. The molecule has 4 nitrogen and oxygen atoms in total. The van der Waals surface area contributed by atoms with Gasteiger partial charge in [0.15, 0.2) is 11.6 Å². The van der Waals surface area contributed by atoms with Gasteiger partial charge in [0, 0.05) is 6.20 Å². The molecule has 0 saturated heterocycles. The largest absolute Gasteiger partial charge is 0.444 e. The summed E-state index contributed by atoms with van der Waals surface area (Å²) in [5.74, 6) is -0.497. The van der Waals surface area contributed by atoms with Crippen LogP contribution in [-0.2, 0) is 4.74 Å². The molecule has 0 atom stereocenters. The topological polar surface area (TPSA) is 51.2 Å². The molecule has 0 spiro atoms. The van der Waals surface area contributed by atoms with Gasteiger partial charge in [-0.2, -0.15) is 0 Å². The van der Waals surface area contributed by atoms with Crippen LogP contribution in [0.5, 0.6) is 0 Å². The Morgan fingerprint density at radius 2 is 2.06 bits per heavy atom. The van der Waals surface area contributed by atoms with Gasteiger partial charge in [-0.3, -0.25) is 5.32 Å². The lowest BCUT2D eigenvalue weighted by Crippen LogP contribution is -2.27. The number of anilines is 1. The number of carbonyl (C=O) groups is 1. The molecule has 0 bridgehead atoms. The first kappa shape index (κ1) is 14.4. The van der Waals surface area contributed by atoms with Crippen LogP contribution in [0.4, 0.5) is 15.0 Å². The zero-order valence-electron chi connectivity index (χ0n) is 11.4. The van der Waals surface area contributed by atoms with Crippen molar-refractivity contribution in [3.63, 3.8) is 0 Å². The molecule has 0 aliphatic carbocycles. The van der Waals surface area contributed by atoms with Crippen LogP contribution < -0.4 is 5.32 Å². The van der Waals surface area contributed by atoms with Gasteiger partial charge in [-0.15, -0.1) is 0 Å². The fraction of sp³-hybridized carbons (Fsp3) is 0.538. The van der Waals surface area contributed by atoms with Gasteiger partial charge in [-0.25, -0.2) is 14.2 Å². The van der Waals surface area contributed by atoms with E-state index in [2.05, 4.69) is 10.3 Å². The quantitative estimate of drug-likeness (QED) is 0.875. The zero-order valence-corrected chi connectivity index (χ0v) is 11.4. The van der Waals surface area contributed by atoms with E-state index in [0.29, 0.717) is 0 Å². The lowest BCUT2D eigenvalue weighted by Gasteiger charge is -2.19. The first-order valence-corrected chi connectivity index (χ1v) is 5.84. The summed E-state index contributed by atoms with van der Waals surface area (Å²) in [5.41, 5.74) is 0.153. The number of pyridine rings is 1. The van der Waals surface area contributed by atoms with Crippen molar-refractivity contribution in [3.8, 4) is 0 Å². The normalized spacial score (nSPS) is 11.5. The number of rotatable bonds is 2. The van der Waals surface area contributed by atoms with Crippen molar-refractivity contribution in [1.29, 1.82) is 0 Å². The highest BCUT2D eigenvalue weighted by atomic mass is 19.1. The highest BCUT2D eigenvalue weighted by Crippen LogP contribution is 2.19. The predicted molar refractivity (Wildman–Crippen MR) is 68.1 cm³/mol. The Hall–Kier alpha value is -1.65. The van der Waals surface area contributed by atoms with Crippen molar-refractivity contribution in [3.05, 3.63) is 23.6 Å². The molecular weight excluding hydrogens is 235 g/mol. The number of hydrogen-bond donors (Lipinski definition) is 1. The number of halogens is 1. The maximum absolute atomic E-state index is 13.7. The average Bonchev–Trinajstić information content (AvgIpc) is 2.17. The number of aromatic nitrogens is 1. The Morgan fingerprint density at radius 3 is 2.50 bits per heavy atom. The second-order valence-electron chi connectivity index (χ2n) is 5.38. The van der Waals surface area contributed by atoms with E-state index in [1.54, 1.807) is 27.0 Å². The third-order valence-electron chi connectivity index (χ3n) is 2.15. The number of nitrogens with zero attached hydrogens (tertiary/aromatic N) is 1. The molecule has 0 aliphatic heterocycles. The van der Waals surface area contributed by atoms with E-state index in [4.69, 9.17) is 4.74 Å². The van der Waals surface area contributed by atoms with Crippen LogP contribution in [-0.4, -0.2) is 16.7 Å². The van der Waals surface area contributed by atoms with E-state index in [9.17, 15) is 9.18 Å². The van der Waals surface area contributed by atoms with Crippen molar-refractivity contribution >= 4 is 11.9 Å². The number of amides is 1. The van der Waals surface area contributed by atoms with Gasteiger partial charge in [0.1, 0.15) is 5.60 Å². The van der Waals surface area contributed by atoms with Crippen molar-refractivity contribution in [1.82, 2.24) is 4.98 Å². The van der Waals surface area contributed by atoms with Crippen molar-refractivity contribution in [2.45, 2.75) is 46.1 Å². The Labute approximate surface area is 107 Å². The lowest BCUT2D eigenvalue weighted by molar-refractivity contribution is 0.0634. The molecule has 0 fully saturated rings. The van der Waals surface area contributed by atoms with E-state index in [-0.39, 0.29) is 11.7 Å². The van der Waals surface area contributed by atoms with Gasteiger partial charge in [0.2, 0.25) is 0 Å². The van der Waals surface area contributed by atoms with Gasteiger partial charge in [-0.05, 0) is 38.3 Å². The standard InChI is InChI=1S/C13H19FN2O2/c1-8(2)9-6-10(14)11(15-7-9)16-12(17)18-13(3,4)5/h6-8H,1-5H3,(H,15,16,17). The van der Waals surface area contributed by atoms with Crippen LogP contribution in [0.25, 0.3) is 0 Å². The number of carbonyl (C=O) groups excluding carboxylic acids is 1. The molecule has 0 saturated carbocycles. The van der Waals surface area contributed by atoms with E-state index >= 15 is 0 Å². The monoisotopic (exact) mass is 254 g/mol. The summed E-state index contributed by atoms with van der Waals surface area (Å²) in [6, 6.07) is 1.37. The zero-order chi connectivity index (χ0) is 13.9. The molecule has 0 unspecified atom stereocenters. The van der Waals surface area contributed by atoms with Crippen LogP contribution in [0.2, 0.25) is 0 Å². The molecule has 18 heavy (non-hydrogen) atoms.